The number of benzene rings is 1. The molecule has 21 heavy (non-hydrogen) atoms. The van der Waals surface area contributed by atoms with Crippen molar-refractivity contribution in [2.24, 2.45) is 0 Å². The van der Waals surface area contributed by atoms with Gasteiger partial charge in [0.2, 0.25) is 5.91 Å². The minimum absolute atomic E-state index is 0.126. The molecule has 2 aliphatic rings. The van der Waals surface area contributed by atoms with Gasteiger partial charge in [0.15, 0.2) is 0 Å². The zero-order chi connectivity index (χ0) is 15.2. The van der Waals surface area contributed by atoms with E-state index in [0.717, 1.165) is 24.8 Å². The fourth-order valence-corrected chi connectivity index (χ4v) is 4.41. The third-order valence-electron chi connectivity index (χ3n) is 4.44. The maximum absolute atomic E-state index is 13.0. The summed E-state index contributed by atoms with van der Waals surface area (Å²) in [4.78, 5) is 32.7. The fraction of sp³-hybridized carbons (Fsp3) is 0.500. The Morgan fingerprint density at radius 2 is 1.86 bits per heavy atom. The van der Waals surface area contributed by atoms with Gasteiger partial charge in [-0.15, -0.1) is 0 Å². The lowest BCUT2D eigenvalue weighted by Crippen LogP contribution is -2.40. The van der Waals surface area contributed by atoms with Gasteiger partial charge in [-0.1, -0.05) is 12.1 Å². The third kappa shape index (κ3) is 2.63. The summed E-state index contributed by atoms with van der Waals surface area (Å²) in [6.07, 6.45) is 2.60. The van der Waals surface area contributed by atoms with Gasteiger partial charge in [-0.25, -0.2) is 4.39 Å². The zero-order valence-electron chi connectivity index (χ0n) is 11.4. The highest BCUT2D eigenvalue weighted by Crippen LogP contribution is 2.52. The largest absolute Gasteiger partial charge is 0.338 e. The molecule has 0 saturated carbocycles. The van der Waals surface area contributed by atoms with Gasteiger partial charge >= 0.3 is 7.60 Å². The molecule has 2 N–H and O–H groups in total. The molecule has 114 valence electrons. The first-order chi connectivity index (χ1) is 9.88. The molecule has 1 aromatic carbocycles. The number of carbonyl (C=O) groups is 1. The first-order valence-corrected chi connectivity index (χ1v) is 8.69. The van der Waals surface area contributed by atoms with Crippen molar-refractivity contribution in [3.05, 3.63) is 35.6 Å². The number of piperidine rings is 1. The summed E-state index contributed by atoms with van der Waals surface area (Å²) in [7, 11) is -4.42. The SMILES string of the molecule is O=C1C(P(=O)(O)O)C[C@H]2CCC[C@@H](c3ccc(F)cc3)N12. The van der Waals surface area contributed by atoms with Crippen molar-refractivity contribution >= 4 is 13.5 Å². The van der Waals surface area contributed by atoms with Crippen LogP contribution in [0.1, 0.15) is 37.3 Å². The van der Waals surface area contributed by atoms with Gasteiger partial charge < -0.3 is 14.7 Å². The van der Waals surface area contributed by atoms with Crippen LogP contribution >= 0.6 is 7.60 Å². The molecule has 1 unspecified atom stereocenters. The van der Waals surface area contributed by atoms with Crippen LogP contribution in [0.5, 0.6) is 0 Å². The summed E-state index contributed by atoms with van der Waals surface area (Å²) in [6, 6.07) is 5.63. The van der Waals surface area contributed by atoms with E-state index < -0.39 is 19.2 Å². The Morgan fingerprint density at radius 3 is 2.48 bits per heavy atom. The Balaban J connectivity index is 1.92. The van der Waals surface area contributed by atoms with Crippen LogP contribution in [0.3, 0.4) is 0 Å². The summed E-state index contributed by atoms with van der Waals surface area (Å²) in [5, 5.41) is 0. The van der Waals surface area contributed by atoms with Crippen LogP contribution in [-0.2, 0) is 9.36 Å². The predicted octanol–water partition coefficient (Wildman–Crippen LogP) is 2.20. The van der Waals surface area contributed by atoms with Crippen LogP contribution < -0.4 is 0 Å². The van der Waals surface area contributed by atoms with E-state index in [1.807, 2.05) is 0 Å². The Kier molecular flexibility index (Phi) is 3.64. The van der Waals surface area contributed by atoms with Gasteiger partial charge in [0.25, 0.3) is 0 Å². The van der Waals surface area contributed by atoms with Crippen molar-refractivity contribution in [1.82, 2.24) is 4.90 Å². The second-order valence-electron chi connectivity index (χ2n) is 5.74. The van der Waals surface area contributed by atoms with Crippen LogP contribution in [0.2, 0.25) is 0 Å². The average molecular weight is 313 g/mol. The molecule has 3 atom stereocenters. The third-order valence-corrected chi connectivity index (χ3v) is 5.68. The molecule has 5 nitrogen and oxygen atoms in total. The summed E-state index contributed by atoms with van der Waals surface area (Å²) in [6.45, 7) is 0. The highest BCUT2D eigenvalue weighted by Gasteiger charge is 2.51. The van der Waals surface area contributed by atoms with Gasteiger partial charge in [0.1, 0.15) is 11.5 Å². The molecule has 0 radical (unpaired) electrons. The number of fused-ring (bicyclic) bond motifs is 1. The smallest absolute Gasteiger partial charge is 0.332 e. The Labute approximate surface area is 121 Å². The molecule has 7 heteroatoms. The maximum Gasteiger partial charge on any atom is 0.338 e. The van der Waals surface area contributed by atoms with Crippen molar-refractivity contribution in [2.45, 2.75) is 43.4 Å². The number of amides is 1. The lowest BCUT2D eigenvalue weighted by Gasteiger charge is -2.38. The monoisotopic (exact) mass is 313 g/mol. The van der Waals surface area contributed by atoms with E-state index in [0.29, 0.717) is 0 Å². The van der Waals surface area contributed by atoms with Gasteiger partial charge in [0.05, 0.1) is 6.04 Å². The van der Waals surface area contributed by atoms with Crippen molar-refractivity contribution in [3.8, 4) is 0 Å². The fourth-order valence-electron chi connectivity index (χ4n) is 3.47. The van der Waals surface area contributed by atoms with Gasteiger partial charge in [-0.2, -0.15) is 0 Å². The predicted molar refractivity (Wildman–Crippen MR) is 74.1 cm³/mol. The number of halogens is 1. The molecule has 0 bridgehead atoms. The summed E-state index contributed by atoms with van der Waals surface area (Å²) >= 11 is 0. The number of carbonyl (C=O) groups excluding carboxylic acids is 1. The molecule has 0 aliphatic carbocycles. The summed E-state index contributed by atoms with van der Waals surface area (Å²) in [5.74, 6) is -0.811. The molecule has 2 heterocycles. The van der Waals surface area contributed by atoms with E-state index in [1.54, 1.807) is 17.0 Å². The molecular weight excluding hydrogens is 296 g/mol. The molecule has 0 aromatic heterocycles. The molecular formula is C14H17FNO4P. The van der Waals surface area contributed by atoms with Gasteiger partial charge in [0, 0.05) is 6.04 Å². The first kappa shape index (κ1) is 14.7. The molecule has 1 aromatic rings. The summed E-state index contributed by atoms with van der Waals surface area (Å²) < 4.78 is 24.5. The lowest BCUT2D eigenvalue weighted by molar-refractivity contribution is -0.132. The van der Waals surface area contributed by atoms with Crippen molar-refractivity contribution in [1.29, 1.82) is 0 Å². The van der Waals surface area contributed by atoms with Gasteiger partial charge in [-0.3, -0.25) is 9.36 Å². The van der Waals surface area contributed by atoms with Crippen LogP contribution in [-0.4, -0.2) is 32.3 Å². The minimum Gasteiger partial charge on any atom is -0.332 e. The number of rotatable bonds is 2. The normalized spacial score (nSPS) is 29.6. The zero-order valence-corrected chi connectivity index (χ0v) is 12.2. The topological polar surface area (TPSA) is 77.8 Å². The molecule has 2 fully saturated rings. The number of hydrogen-bond acceptors (Lipinski definition) is 2. The van der Waals surface area contributed by atoms with Crippen LogP contribution in [0.25, 0.3) is 0 Å². The van der Waals surface area contributed by atoms with Crippen molar-refractivity contribution in [3.63, 3.8) is 0 Å². The van der Waals surface area contributed by atoms with Gasteiger partial charge in [-0.05, 0) is 43.4 Å². The van der Waals surface area contributed by atoms with Crippen molar-refractivity contribution in [2.75, 3.05) is 0 Å². The molecule has 2 saturated heterocycles. The first-order valence-electron chi connectivity index (χ1n) is 7.01. The molecule has 2 aliphatic heterocycles. The van der Waals surface area contributed by atoms with E-state index in [2.05, 4.69) is 0 Å². The van der Waals surface area contributed by atoms with E-state index in [-0.39, 0.29) is 24.3 Å². The number of nitrogens with zero attached hydrogens (tertiary/aromatic N) is 1. The second-order valence-corrected chi connectivity index (χ2v) is 7.54. The van der Waals surface area contributed by atoms with Crippen LogP contribution in [0.4, 0.5) is 4.39 Å². The van der Waals surface area contributed by atoms with E-state index in [1.165, 1.54) is 12.1 Å². The Morgan fingerprint density at radius 1 is 1.19 bits per heavy atom. The standard InChI is InChI=1S/C14H17FNO4P/c15-10-6-4-9(5-7-10)12-3-1-2-11-8-13(21(18,19)20)14(17)16(11)12/h4-7,11-13H,1-3,8H2,(H2,18,19,20)/t11-,12+,13?/m1/s1. The van der Waals surface area contributed by atoms with Crippen molar-refractivity contribution < 1.29 is 23.5 Å². The quantitative estimate of drug-likeness (QED) is 0.821. The maximum atomic E-state index is 13.0. The molecule has 3 rings (SSSR count). The molecule has 0 spiro atoms. The van der Waals surface area contributed by atoms with E-state index >= 15 is 0 Å². The average Bonchev–Trinajstić information content (AvgIpc) is 2.77. The lowest BCUT2D eigenvalue weighted by atomic mass is 9.92. The van der Waals surface area contributed by atoms with E-state index in [9.17, 15) is 23.5 Å². The van der Waals surface area contributed by atoms with Crippen LogP contribution in [0.15, 0.2) is 24.3 Å². The number of hydrogen-bond donors (Lipinski definition) is 2. The highest BCUT2D eigenvalue weighted by atomic mass is 31.2. The Hall–Kier alpha value is -1.23. The summed E-state index contributed by atoms with van der Waals surface area (Å²) in [5.41, 5.74) is -0.399. The second kappa shape index (κ2) is 5.20. The van der Waals surface area contributed by atoms with Crippen LogP contribution in [0, 0.1) is 5.82 Å². The Bertz CT molecular complexity index is 599. The highest BCUT2D eigenvalue weighted by molar-refractivity contribution is 7.53. The van der Waals surface area contributed by atoms with E-state index in [4.69, 9.17) is 0 Å². The molecule has 1 amide bonds. The minimum atomic E-state index is -4.42.